The van der Waals surface area contributed by atoms with Crippen LogP contribution >= 0.6 is 11.6 Å². The number of hydrogen-bond acceptors (Lipinski definition) is 3. The number of urea groups is 1. The summed E-state index contributed by atoms with van der Waals surface area (Å²) in [7, 11) is 0. The van der Waals surface area contributed by atoms with E-state index in [1.54, 1.807) is 6.92 Å². The molecule has 176 valence electrons. The Morgan fingerprint density at radius 2 is 1.64 bits per heavy atom. The summed E-state index contributed by atoms with van der Waals surface area (Å²) in [6.45, 7) is 5.33. The SMILES string of the molecule is Cc1cccc(C)c1NC(=O)Nc1cc(Cl)ccc1C(=O)N[C@](C)(C(=O)O)C1CCCCC1. The third-order valence-corrected chi connectivity index (χ3v) is 6.67. The van der Waals surface area contributed by atoms with E-state index in [2.05, 4.69) is 16.0 Å². The van der Waals surface area contributed by atoms with Crippen molar-refractivity contribution in [1.82, 2.24) is 5.32 Å². The molecule has 0 spiro atoms. The summed E-state index contributed by atoms with van der Waals surface area (Å²) < 4.78 is 0. The molecule has 0 radical (unpaired) electrons. The fourth-order valence-corrected chi connectivity index (χ4v) is 4.58. The zero-order valence-corrected chi connectivity index (χ0v) is 19.9. The maximum absolute atomic E-state index is 13.2. The first-order chi connectivity index (χ1) is 15.6. The molecule has 0 saturated heterocycles. The van der Waals surface area contributed by atoms with Crippen LogP contribution in [0.4, 0.5) is 16.2 Å². The lowest BCUT2D eigenvalue weighted by Gasteiger charge is -2.37. The minimum absolute atomic E-state index is 0.138. The lowest BCUT2D eigenvalue weighted by Crippen LogP contribution is -2.57. The number of benzene rings is 2. The predicted octanol–water partition coefficient (Wildman–Crippen LogP) is 5.75. The summed E-state index contributed by atoms with van der Waals surface area (Å²) >= 11 is 6.12. The van der Waals surface area contributed by atoms with Crippen molar-refractivity contribution in [3.63, 3.8) is 0 Å². The number of para-hydroxylation sites is 1. The number of anilines is 2. The Morgan fingerprint density at radius 1 is 1.00 bits per heavy atom. The number of carbonyl (C=O) groups excluding carboxylic acids is 2. The Balaban J connectivity index is 1.83. The number of aliphatic carboxylic acids is 1. The molecule has 0 heterocycles. The number of halogens is 1. The predicted molar refractivity (Wildman–Crippen MR) is 130 cm³/mol. The summed E-state index contributed by atoms with van der Waals surface area (Å²) in [5, 5.41) is 18.5. The Kier molecular flexibility index (Phi) is 7.64. The van der Waals surface area contributed by atoms with Crippen LogP contribution in [0.1, 0.15) is 60.5 Å². The van der Waals surface area contributed by atoms with Gasteiger partial charge in [0.1, 0.15) is 5.54 Å². The molecule has 0 unspecified atom stereocenters. The van der Waals surface area contributed by atoms with Gasteiger partial charge in [0.25, 0.3) is 5.91 Å². The van der Waals surface area contributed by atoms with Crippen molar-refractivity contribution >= 4 is 40.9 Å². The number of hydrogen-bond donors (Lipinski definition) is 4. The summed E-state index contributed by atoms with van der Waals surface area (Å²) in [6.07, 6.45) is 4.44. The Labute approximate surface area is 198 Å². The maximum atomic E-state index is 13.2. The Morgan fingerprint density at radius 3 is 2.24 bits per heavy atom. The summed E-state index contributed by atoms with van der Waals surface area (Å²) in [5.41, 5.74) is 1.41. The van der Waals surface area contributed by atoms with Crippen LogP contribution in [0.3, 0.4) is 0 Å². The van der Waals surface area contributed by atoms with Gasteiger partial charge in [-0.05, 0) is 68.9 Å². The molecule has 1 saturated carbocycles. The van der Waals surface area contributed by atoms with Crippen molar-refractivity contribution in [3.05, 3.63) is 58.1 Å². The summed E-state index contributed by atoms with van der Waals surface area (Å²) in [5.74, 6) is -1.81. The van der Waals surface area contributed by atoms with Crippen LogP contribution in [0.2, 0.25) is 5.02 Å². The first-order valence-corrected chi connectivity index (χ1v) is 11.5. The van der Waals surface area contributed by atoms with Gasteiger partial charge < -0.3 is 21.1 Å². The van der Waals surface area contributed by atoms with Crippen LogP contribution in [0.25, 0.3) is 0 Å². The van der Waals surface area contributed by atoms with Crippen LogP contribution in [-0.4, -0.2) is 28.6 Å². The van der Waals surface area contributed by atoms with Gasteiger partial charge in [-0.25, -0.2) is 9.59 Å². The number of carboxylic acid groups (broad SMARTS) is 1. The van der Waals surface area contributed by atoms with Crippen LogP contribution < -0.4 is 16.0 Å². The van der Waals surface area contributed by atoms with Gasteiger partial charge in [0.05, 0.1) is 11.3 Å². The van der Waals surface area contributed by atoms with Crippen molar-refractivity contribution in [2.45, 2.75) is 58.4 Å². The summed E-state index contributed by atoms with van der Waals surface area (Å²) in [6, 6.07) is 9.63. The van der Waals surface area contributed by atoms with Gasteiger partial charge in [0.2, 0.25) is 0 Å². The highest BCUT2D eigenvalue weighted by molar-refractivity contribution is 6.31. The Hall–Kier alpha value is -3.06. The van der Waals surface area contributed by atoms with Crippen molar-refractivity contribution < 1.29 is 19.5 Å². The molecule has 7 nitrogen and oxygen atoms in total. The molecule has 3 amide bonds. The van der Waals surface area contributed by atoms with E-state index in [0.717, 1.165) is 43.2 Å². The second-order valence-electron chi connectivity index (χ2n) is 8.83. The highest BCUT2D eigenvalue weighted by atomic mass is 35.5. The zero-order chi connectivity index (χ0) is 24.2. The fourth-order valence-electron chi connectivity index (χ4n) is 4.41. The molecule has 1 aliphatic rings. The molecule has 1 fully saturated rings. The van der Waals surface area contributed by atoms with Gasteiger partial charge in [-0.3, -0.25) is 4.79 Å². The largest absolute Gasteiger partial charge is 0.480 e. The molecule has 3 rings (SSSR count). The standard InChI is InChI=1S/C25H30ClN3O4/c1-15-8-7-9-16(2)21(15)28-24(33)27-20-14-18(26)12-13-19(20)22(30)29-25(3,23(31)32)17-10-5-4-6-11-17/h7-9,12-14,17H,4-6,10-11H2,1-3H3,(H,29,30)(H,31,32)(H2,27,28,33)/t25-/m0/s1. The first kappa shape index (κ1) is 24.6. The zero-order valence-electron chi connectivity index (χ0n) is 19.1. The molecular weight excluding hydrogens is 442 g/mol. The molecule has 1 aliphatic carbocycles. The number of nitrogens with one attached hydrogen (secondary N) is 3. The van der Waals surface area contributed by atoms with Gasteiger partial charge in [-0.2, -0.15) is 0 Å². The van der Waals surface area contributed by atoms with E-state index in [0.29, 0.717) is 10.7 Å². The number of carbonyl (C=O) groups is 3. The summed E-state index contributed by atoms with van der Waals surface area (Å²) in [4.78, 5) is 38.1. The van der Waals surface area contributed by atoms with Crippen LogP contribution in [0.15, 0.2) is 36.4 Å². The van der Waals surface area contributed by atoms with Crippen molar-refractivity contribution in [3.8, 4) is 0 Å². The fraction of sp³-hybridized carbons (Fsp3) is 0.400. The Bertz CT molecular complexity index is 1050. The van der Waals surface area contributed by atoms with E-state index in [4.69, 9.17) is 11.6 Å². The van der Waals surface area contributed by atoms with E-state index in [9.17, 15) is 19.5 Å². The van der Waals surface area contributed by atoms with Crippen molar-refractivity contribution in [2.24, 2.45) is 5.92 Å². The minimum Gasteiger partial charge on any atom is -0.480 e. The molecule has 0 aromatic heterocycles. The molecule has 0 bridgehead atoms. The molecule has 0 aliphatic heterocycles. The van der Waals surface area contributed by atoms with Gasteiger partial charge in [0.15, 0.2) is 0 Å². The number of rotatable bonds is 6. The molecule has 2 aromatic carbocycles. The van der Waals surface area contributed by atoms with Crippen LogP contribution in [0, 0.1) is 19.8 Å². The quantitative estimate of drug-likeness (QED) is 0.430. The van der Waals surface area contributed by atoms with Crippen LogP contribution in [0.5, 0.6) is 0 Å². The molecule has 8 heteroatoms. The monoisotopic (exact) mass is 471 g/mol. The van der Waals surface area contributed by atoms with Crippen molar-refractivity contribution in [2.75, 3.05) is 10.6 Å². The molecule has 2 aromatic rings. The van der Waals surface area contributed by atoms with E-state index in [1.165, 1.54) is 18.2 Å². The highest BCUT2D eigenvalue weighted by Crippen LogP contribution is 2.34. The van der Waals surface area contributed by atoms with E-state index >= 15 is 0 Å². The second kappa shape index (κ2) is 10.3. The minimum atomic E-state index is -1.41. The van der Waals surface area contributed by atoms with E-state index in [-0.39, 0.29) is 17.2 Å². The molecular formula is C25H30ClN3O4. The third-order valence-electron chi connectivity index (χ3n) is 6.43. The lowest BCUT2D eigenvalue weighted by molar-refractivity contribution is -0.146. The normalized spacial score (nSPS) is 15.9. The maximum Gasteiger partial charge on any atom is 0.329 e. The number of amides is 3. The van der Waals surface area contributed by atoms with Gasteiger partial charge in [0, 0.05) is 10.7 Å². The van der Waals surface area contributed by atoms with E-state index < -0.39 is 23.4 Å². The topological polar surface area (TPSA) is 108 Å². The van der Waals surface area contributed by atoms with Crippen molar-refractivity contribution in [1.29, 1.82) is 0 Å². The smallest absolute Gasteiger partial charge is 0.329 e. The first-order valence-electron chi connectivity index (χ1n) is 11.1. The second-order valence-corrected chi connectivity index (χ2v) is 9.27. The molecule has 4 N–H and O–H groups in total. The molecule has 1 atom stereocenters. The number of aryl methyl sites for hydroxylation is 2. The van der Waals surface area contributed by atoms with Gasteiger partial charge in [-0.15, -0.1) is 0 Å². The van der Waals surface area contributed by atoms with Crippen LogP contribution in [-0.2, 0) is 4.79 Å². The number of carboxylic acids is 1. The van der Waals surface area contributed by atoms with E-state index in [1.807, 2.05) is 32.0 Å². The molecule has 33 heavy (non-hydrogen) atoms. The third kappa shape index (κ3) is 5.66. The average molecular weight is 472 g/mol. The van der Waals surface area contributed by atoms with Gasteiger partial charge in [-0.1, -0.05) is 49.1 Å². The average Bonchev–Trinajstić information content (AvgIpc) is 2.76. The highest BCUT2D eigenvalue weighted by Gasteiger charge is 2.43. The lowest BCUT2D eigenvalue weighted by atomic mass is 9.75. The van der Waals surface area contributed by atoms with Gasteiger partial charge >= 0.3 is 12.0 Å².